The van der Waals surface area contributed by atoms with Crippen LogP contribution in [0.5, 0.6) is 0 Å². The van der Waals surface area contributed by atoms with Gasteiger partial charge in [-0.3, -0.25) is 4.79 Å². The molecule has 0 aromatic heterocycles. The first kappa shape index (κ1) is 12.5. The highest BCUT2D eigenvalue weighted by molar-refractivity contribution is 5.81. The van der Waals surface area contributed by atoms with E-state index in [1.807, 2.05) is 6.92 Å². The number of rotatable bonds is 8. The Morgan fingerprint density at radius 2 is 2.13 bits per heavy atom. The number of hydrogen-bond donors (Lipinski definition) is 3. The van der Waals surface area contributed by atoms with Crippen molar-refractivity contribution in [2.45, 2.75) is 51.1 Å². The van der Waals surface area contributed by atoms with E-state index in [0.29, 0.717) is 6.04 Å². The molecule has 0 heterocycles. The van der Waals surface area contributed by atoms with Crippen LogP contribution < -0.4 is 10.6 Å². The average Bonchev–Trinajstić information content (AvgIpc) is 3.01. The number of amides is 1. The Labute approximate surface area is 91.4 Å². The molecule has 0 aromatic rings. The SMILES string of the molecule is CC(NCCCCCO)C(=O)NC1CC1. The van der Waals surface area contributed by atoms with Crippen molar-refractivity contribution in [2.24, 2.45) is 0 Å². The minimum absolute atomic E-state index is 0.0975. The van der Waals surface area contributed by atoms with Crippen molar-refractivity contribution in [3.63, 3.8) is 0 Å². The first-order valence-electron chi connectivity index (χ1n) is 5.88. The van der Waals surface area contributed by atoms with Crippen LogP contribution in [0.4, 0.5) is 0 Å². The number of hydrogen-bond acceptors (Lipinski definition) is 3. The van der Waals surface area contributed by atoms with Crippen LogP contribution in [0.1, 0.15) is 39.0 Å². The van der Waals surface area contributed by atoms with E-state index in [1.165, 1.54) is 0 Å². The minimum atomic E-state index is -0.0975. The highest BCUT2D eigenvalue weighted by atomic mass is 16.2. The van der Waals surface area contributed by atoms with E-state index in [1.54, 1.807) is 0 Å². The predicted octanol–water partition coefficient (Wildman–Crippen LogP) is 0.406. The normalized spacial score (nSPS) is 17.5. The molecule has 1 saturated carbocycles. The monoisotopic (exact) mass is 214 g/mol. The lowest BCUT2D eigenvalue weighted by Crippen LogP contribution is -2.43. The third-order valence-electron chi connectivity index (χ3n) is 2.60. The molecule has 0 spiro atoms. The zero-order valence-electron chi connectivity index (χ0n) is 9.46. The number of carbonyl (C=O) groups excluding carboxylic acids is 1. The van der Waals surface area contributed by atoms with E-state index in [0.717, 1.165) is 38.6 Å². The van der Waals surface area contributed by atoms with Crippen molar-refractivity contribution in [2.75, 3.05) is 13.2 Å². The summed E-state index contributed by atoms with van der Waals surface area (Å²) in [4.78, 5) is 11.5. The van der Waals surface area contributed by atoms with Gasteiger partial charge >= 0.3 is 0 Å². The van der Waals surface area contributed by atoms with Gasteiger partial charge in [0.2, 0.25) is 5.91 Å². The summed E-state index contributed by atoms with van der Waals surface area (Å²) in [5.41, 5.74) is 0. The van der Waals surface area contributed by atoms with Gasteiger partial charge in [-0.15, -0.1) is 0 Å². The fraction of sp³-hybridized carbons (Fsp3) is 0.909. The van der Waals surface area contributed by atoms with Gasteiger partial charge in [0, 0.05) is 12.6 Å². The largest absolute Gasteiger partial charge is 0.396 e. The molecule has 1 aliphatic carbocycles. The molecule has 1 aliphatic rings. The molecule has 1 atom stereocenters. The van der Waals surface area contributed by atoms with Gasteiger partial charge in [0.1, 0.15) is 0 Å². The van der Waals surface area contributed by atoms with Crippen LogP contribution in [0.25, 0.3) is 0 Å². The van der Waals surface area contributed by atoms with Crippen molar-refractivity contribution in [1.29, 1.82) is 0 Å². The van der Waals surface area contributed by atoms with Crippen LogP contribution in [0.3, 0.4) is 0 Å². The lowest BCUT2D eigenvalue weighted by Gasteiger charge is -2.13. The van der Waals surface area contributed by atoms with E-state index < -0.39 is 0 Å². The van der Waals surface area contributed by atoms with E-state index in [2.05, 4.69) is 10.6 Å². The Balaban J connectivity index is 1.96. The molecule has 0 radical (unpaired) electrons. The molecule has 1 unspecified atom stereocenters. The Morgan fingerprint density at radius 1 is 1.40 bits per heavy atom. The fourth-order valence-electron chi connectivity index (χ4n) is 1.38. The second-order valence-corrected chi connectivity index (χ2v) is 4.24. The molecule has 88 valence electrons. The van der Waals surface area contributed by atoms with Crippen LogP contribution in [0.15, 0.2) is 0 Å². The smallest absolute Gasteiger partial charge is 0.237 e. The summed E-state index contributed by atoms with van der Waals surface area (Å²) < 4.78 is 0. The zero-order chi connectivity index (χ0) is 11.1. The Bertz CT molecular complexity index is 193. The zero-order valence-corrected chi connectivity index (χ0v) is 9.46. The van der Waals surface area contributed by atoms with Crippen molar-refractivity contribution in [3.05, 3.63) is 0 Å². The van der Waals surface area contributed by atoms with E-state index in [9.17, 15) is 4.79 Å². The van der Waals surface area contributed by atoms with Gasteiger partial charge in [-0.25, -0.2) is 0 Å². The quantitative estimate of drug-likeness (QED) is 0.513. The molecule has 4 heteroatoms. The van der Waals surface area contributed by atoms with Crippen molar-refractivity contribution in [1.82, 2.24) is 10.6 Å². The van der Waals surface area contributed by atoms with Gasteiger partial charge in [0.25, 0.3) is 0 Å². The molecule has 1 amide bonds. The summed E-state index contributed by atoms with van der Waals surface area (Å²) in [6, 6.07) is 0.343. The number of carbonyl (C=O) groups is 1. The van der Waals surface area contributed by atoms with Crippen LogP contribution >= 0.6 is 0 Å². The number of aliphatic hydroxyl groups is 1. The van der Waals surface area contributed by atoms with Gasteiger partial charge in [0.05, 0.1) is 6.04 Å². The Morgan fingerprint density at radius 3 is 2.73 bits per heavy atom. The molecular weight excluding hydrogens is 192 g/mol. The molecule has 0 aromatic carbocycles. The summed E-state index contributed by atoms with van der Waals surface area (Å²) in [6.07, 6.45) is 5.15. The van der Waals surface area contributed by atoms with E-state index in [4.69, 9.17) is 5.11 Å². The van der Waals surface area contributed by atoms with Gasteiger partial charge in [0.15, 0.2) is 0 Å². The summed E-state index contributed by atoms with van der Waals surface area (Å²) in [5, 5.41) is 14.7. The minimum Gasteiger partial charge on any atom is -0.396 e. The Kier molecular flexibility index (Phi) is 5.65. The molecule has 1 rings (SSSR count). The van der Waals surface area contributed by atoms with Crippen LogP contribution in [0.2, 0.25) is 0 Å². The summed E-state index contributed by atoms with van der Waals surface area (Å²) in [6.45, 7) is 3.00. The third-order valence-corrected chi connectivity index (χ3v) is 2.60. The fourth-order valence-corrected chi connectivity index (χ4v) is 1.38. The van der Waals surface area contributed by atoms with Gasteiger partial charge < -0.3 is 15.7 Å². The van der Waals surface area contributed by atoms with Crippen LogP contribution in [-0.4, -0.2) is 36.2 Å². The summed E-state index contributed by atoms with van der Waals surface area (Å²) >= 11 is 0. The standard InChI is InChI=1S/C11H22N2O2/c1-9(11(15)13-10-5-6-10)12-7-3-2-4-8-14/h9-10,12,14H,2-8H2,1H3,(H,13,15). The summed E-state index contributed by atoms with van der Waals surface area (Å²) in [7, 11) is 0. The van der Waals surface area contributed by atoms with E-state index in [-0.39, 0.29) is 18.6 Å². The maximum absolute atomic E-state index is 11.5. The van der Waals surface area contributed by atoms with Gasteiger partial charge in [-0.05, 0) is 45.6 Å². The first-order chi connectivity index (χ1) is 7.24. The van der Waals surface area contributed by atoms with Crippen LogP contribution in [0, 0.1) is 0 Å². The lowest BCUT2D eigenvalue weighted by molar-refractivity contribution is -0.122. The van der Waals surface area contributed by atoms with Gasteiger partial charge in [-0.2, -0.15) is 0 Å². The molecule has 0 saturated heterocycles. The Hall–Kier alpha value is -0.610. The number of unbranched alkanes of at least 4 members (excludes halogenated alkanes) is 2. The molecule has 15 heavy (non-hydrogen) atoms. The predicted molar refractivity (Wildman–Crippen MR) is 59.6 cm³/mol. The van der Waals surface area contributed by atoms with Gasteiger partial charge in [-0.1, -0.05) is 0 Å². The van der Waals surface area contributed by atoms with Crippen LogP contribution in [-0.2, 0) is 4.79 Å². The maximum atomic E-state index is 11.5. The van der Waals surface area contributed by atoms with Crippen molar-refractivity contribution < 1.29 is 9.90 Å². The maximum Gasteiger partial charge on any atom is 0.237 e. The van der Waals surface area contributed by atoms with E-state index >= 15 is 0 Å². The molecule has 0 aliphatic heterocycles. The first-order valence-corrected chi connectivity index (χ1v) is 5.88. The molecule has 4 nitrogen and oxygen atoms in total. The molecule has 1 fully saturated rings. The second-order valence-electron chi connectivity index (χ2n) is 4.24. The number of nitrogens with one attached hydrogen (secondary N) is 2. The highest BCUT2D eigenvalue weighted by Crippen LogP contribution is 2.18. The highest BCUT2D eigenvalue weighted by Gasteiger charge is 2.25. The topological polar surface area (TPSA) is 61.4 Å². The van der Waals surface area contributed by atoms with Crippen molar-refractivity contribution >= 4 is 5.91 Å². The lowest BCUT2D eigenvalue weighted by atomic mass is 10.2. The average molecular weight is 214 g/mol. The second kappa shape index (κ2) is 6.80. The molecule has 0 bridgehead atoms. The summed E-state index contributed by atoms with van der Waals surface area (Å²) in [5.74, 6) is 0.111. The number of aliphatic hydroxyl groups excluding tert-OH is 1. The molecular formula is C11H22N2O2. The molecule has 3 N–H and O–H groups in total. The third kappa shape index (κ3) is 5.74. The van der Waals surface area contributed by atoms with Crippen molar-refractivity contribution in [3.8, 4) is 0 Å².